The first-order chi connectivity index (χ1) is 10.2. The van der Waals surface area contributed by atoms with Crippen molar-refractivity contribution >= 4 is 23.3 Å². The van der Waals surface area contributed by atoms with Gasteiger partial charge in [0.25, 0.3) is 0 Å². The number of anilines is 1. The SMILES string of the molecule is CCOc1ccc(CNC(=O)Nc2ccc(Cl)cc2)cc1. The first-order valence-corrected chi connectivity index (χ1v) is 7.07. The molecule has 0 aromatic heterocycles. The molecule has 0 aliphatic carbocycles. The van der Waals surface area contributed by atoms with Crippen LogP contribution in [0.2, 0.25) is 5.02 Å². The largest absolute Gasteiger partial charge is 0.494 e. The first kappa shape index (κ1) is 15.2. The third kappa shape index (κ3) is 5.00. The minimum Gasteiger partial charge on any atom is -0.494 e. The van der Waals surface area contributed by atoms with E-state index in [1.807, 2.05) is 31.2 Å². The standard InChI is InChI=1S/C16H17ClN2O2/c1-2-21-15-9-3-12(4-10-15)11-18-16(20)19-14-7-5-13(17)6-8-14/h3-10H,2,11H2,1H3,(H2,18,19,20). The zero-order valence-corrected chi connectivity index (χ0v) is 12.5. The van der Waals surface area contributed by atoms with Gasteiger partial charge in [0, 0.05) is 17.3 Å². The summed E-state index contributed by atoms with van der Waals surface area (Å²) < 4.78 is 5.36. The van der Waals surface area contributed by atoms with E-state index in [0.29, 0.717) is 23.9 Å². The maximum atomic E-state index is 11.8. The Morgan fingerprint density at radius 3 is 2.38 bits per heavy atom. The van der Waals surface area contributed by atoms with Gasteiger partial charge in [-0.2, -0.15) is 0 Å². The lowest BCUT2D eigenvalue weighted by atomic mass is 10.2. The molecule has 2 rings (SSSR count). The Bertz CT molecular complexity index is 582. The van der Waals surface area contributed by atoms with Crippen molar-refractivity contribution in [3.05, 3.63) is 59.1 Å². The van der Waals surface area contributed by atoms with Gasteiger partial charge in [-0.05, 0) is 48.9 Å². The first-order valence-electron chi connectivity index (χ1n) is 6.69. The molecular weight excluding hydrogens is 288 g/mol. The fourth-order valence-corrected chi connectivity index (χ4v) is 1.89. The third-order valence-corrected chi connectivity index (χ3v) is 3.04. The van der Waals surface area contributed by atoms with Crippen LogP contribution in [0.4, 0.5) is 10.5 Å². The second-order valence-electron chi connectivity index (χ2n) is 4.39. The number of hydrogen-bond acceptors (Lipinski definition) is 2. The molecule has 0 saturated heterocycles. The minimum absolute atomic E-state index is 0.258. The van der Waals surface area contributed by atoms with Crippen LogP contribution in [0, 0.1) is 0 Å². The van der Waals surface area contributed by atoms with Crippen molar-refractivity contribution in [3.63, 3.8) is 0 Å². The topological polar surface area (TPSA) is 50.4 Å². The number of urea groups is 1. The fraction of sp³-hybridized carbons (Fsp3) is 0.188. The summed E-state index contributed by atoms with van der Waals surface area (Å²) in [6.45, 7) is 3.03. The lowest BCUT2D eigenvalue weighted by molar-refractivity contribution is 0.251. The van der Waals surface area contributed by atoms with Crippen molar-refractivity contribution in [1.82, 2.24) is 5.32 Å². The van der Waals surface area contributed by atoms with Gasteiger partial charge >= 0.3 is 6.03 Å². The summed E-state index contributed by atoms with van der Waals surface area (Å²) in [5.41, 5.74) is 1.70. The van der Waals surface area contributed by atoms with Crippen molar-refractivity contribution in [2.75, 3.05) is 11.9 Å². The summed E-state index contributed by atoms with van der Waals surface area (Å²) in [7, 11) is 0. The van der Waals surface area contributed by atoms with Crippen molar-refractivity contribution in [1.29, 1.82) is 0 Å². The van der Waals surface area contributed by atoms with Gasteiger partial charge in [0.1, 0.15) is 5.75 Å². The molecule has 2 aromatic carbocycles. The minimum atomic E-state index is -0.258. The van der Waals surface area contributed by atoms with Crippen LogP contribution in [-0.2, 0) is 6.54 Å². The van der Waals surface area contributed by atoms with E-state index in [4.69, 9.17) is 16.3 Å². The summed E-state index contributed by atoms with van der Waals surface area (Å²) in [6, 6.07) is 14.3. The molecule has 2 amide bonds. The molecule has 0 spiro atoms. The van der Waals surface area contributed by atoms with Gasteiger partial charge in [-0.15, -0.1) is 0 Å². The van der Waals surface area contributed by atoms with Crippen molar-refractivity contribution < 1.29 is 9.53 Å². The van der Waals surface area contributed by atoms with E-state index in [0.717, 1.165) is 11.3 Å². The molecule has 110 valence electrons. The number of carbonyl (C=O) groups is 1. The molecule has 0 fully saturated rings. The molecule has 2 aromatic rings. The van der Waals surface area contributed by atoms with E-state index in [1.165, 1.54) is 0 Å². The molecule has 2 N–H and O–H groups in total. The molecule has 0 aliphatic rings. The molecule has 0 atom stereocenters. The second-order valence-corrected chi connectivity index (χ2v) is 4.83. The quantitative estimate of drug-likeness (QED) is 0.875. The Morgan fingerprint density at radius 1 is 1.10 bits per heavy atom. The number of amides is 2. The average molecular weight is 305 g/mol. The molecule has 0 aliphatic heterocycles. The zero-order valence-electron chi connectivity index (χ0n) is 11.7. The monoisotopic (exact) mass is 304 g/mol. The smallest absolute Gasteiger partial charge is 0.319 e. The zero-order chi connectivity index (χ0) is 15.1. The van der Waals surface area contributed by atoms with Gasteiger partial charge in [-0.25, -0.2) is 4.79 Å². The highest BCUT2D eigenvalue weighted by Gasteiger charge is 2.02. The van der Waals surface area contributed by atoms with Crippen LogP contribution in [0.15, 0.2) is 48.5 Å². The van der Waals surface area contributed by atoms with Gasteiger partial charge in [-0.1, -0.05) is 23.7 Å². The number of benzene rings is 2. The van der Waals surface area contributed by atoms with Gasteiger partial charge in [0.2, 0.25) is 0 Å². The van der Waals surface area contributed by atoms with Crippen molar-refractivity contribution in [3.8, 4) is 5.75 Å². The normalized spacial score (nSPS) is 10.0. The van der Waals surface area contributed by atoms with Gasteiger partial charge < -0.3 is 15.4 Å². The average Bonchev–Trinajstić information content (AvgIpc) is 2.49. The van der Waals surface area contributed by atoms with Gasteiger partial charge in [0.05, 0.1) is 6.61 Å². The molecule has 0 saturated carbocycles. The highest BCUT2D eigenvalue weighted by atomic mass is 35.5. The highest BCUT2D eigenvalue weighted by molar-refractivity contribution is 6.30. The summed E-state index contributed by atoms with van der Waals surface area (Å²) in [6.07, 6.45) is 0. The lowest BCUT2D eigenvalue weighted by Gasteiger charge is -2.08. The highest BCUT2D eigenvalue weighted by Crippen LogP contribution is 2.14. The number of nitrogens with one attached hydrogen (secondary N) is 2. The Labute approximate surface area is 129 Å². The van der Waals surface area contributed by atoms with Crippen molar-refractivity contribution in [2.45, 2.75) is 13.5 Å². The van der Waals surface area contributed by atoms with Crippen LogP contribution in [0.5, 0.6) is 5.75 Å². The molecule has 0 bridgehead atoms. The predicted molar refractivity (Wildman–Crippen MR) is 84.9 cm³/mol. The van der Waals surface area contributed by atoms with E-state index >= 15 is 0 Å². The Balaban J connectivity index is 1.81. The van der Waals surface area contributed by atoms with E-state index in [-0.39, 0.29) is 6.03 Å². The molecule has 4 nitrogen and oxygen atoms in total. The van der Waals surface area contributed by atoms with Crippen molar-refractivity contribution in [2.24, 2.45) is 0 Å². The summed E-state index contributed by atoms with van der Waals surface area (Å²) in [5, 5.41) is 6.16. The van der Waals surface area contributed by atoms with Gasteiger partial charge in [-0.3, -0.25) is 0 Å². The van der Waals surface area contributed by atoms with E-state index in [2.05, 4.69) is 10.6 Å². The predicted octanol–water partition coefficient (Wildman–Crippen LogP) is 4.06. The van der Waals surface area contributed by atoms with Crippen LogP contribution in [0.3, 0.4) is 0 Å². The number of halogens is 1. The van der Waals surface area contributed by atoms with Gasteiger partial charge in [0.15, 0.2) is 0 Å². The summed E-state index contributed by atoms with van der Waals surface area (Å²) >= 11 is 5.79. The Kier molecular flexibility index (Phi) is 5.46. The van der Waals surface area contributed by atoms with E-state index < -0.39 is 0 Å². The Hall–Kier alpha value is -2.20. The maximum Gasteiger partial charge on any atom is 0.319 e. The van der Waals surface area contributed by atoms with Crippen LogP contribution in [-0.4, -0.2) is 12.6 Å². The van der Waals surface area contributed by atoms with Crippen LogP contribution in [0.25, 0.3) is 0 Å². The molecule has 0 heterocycles. The third-order valence-electron chi connectivity index (χ3n) is 2.79. The number of carbonyl (C=O) groups excluding carboxylic acids is 1. The number of ether oxygens (including phenoxy) is 1. The fourth-order valence-electron chi connectivity index (χ4n) is 1.76. The molecular formula is C16H17ClN2O2. The number of rotatable bonds is 5. The second kappa shape index (κ2) is 7.55. The van der Waals surface area contributed by atoms with Crippen LogP contribution >= 0.6 is 11.6 Å². The van der Waals surface area contributed by atoms with Crippen LogP contribution < -0.4 is 15.4 Å². The molecule has 0 radical (unpaired) electrons. The van der Waals surface area contributed by atoms with Crippen LogP contribution in [0.1, 0.15) is 12.5 Å². The van der Waals surface area contributed by atoms with E-state index in [1.54, 1.807) is 24.3 Å². The Morgan fingerprint density at radius 2 is 1.76 bits per heavy atom. The van der Waals surface area contributed by atoms with E-state index in [9.17, 15) is 4.79 Å². The molecule has 21 heavy (non-hydrogen) atoms. The molecule has 5 heteroatoms. The number of hydrogen-bond donors (Lipinski definition) is 2. The molecule has 0 unspecified atom stereocenters. The summed E-state index contributed by atoms with van der Waals surface area (Å²) in [4.78, 5) is 11.8. The maximum absolute atomic E-state index is 11.8. The summed E-state index contributed by atoms with van der Waals surface area (Å²) in [5.74, 6) is 0.826. The lowest BCUT2D eigenvalue weighted by Crippen LogP contribution is -2.28.